The Balaban J connectivity index is 1.45. The van der Waals surface area contributed by atoms with Crippen LogP contribution in [0.1, 0.15) is 24.0 Å². The largest absolute Gasteiger partial charge is 0.354 e. The molecule has 0 bridgehead atoms. The maximum atomic E-state index is 11.7. The van der Waals surface area contributed by atoms with Gasteiger partial charge in [-0.15, -0.1) is 0 Å². The molecule has 0 N–H and O–H groups in total. The molecule has 1 atom stereocenters. The molecule has 30 heavy (non-hydrogen) atoms. The average Bonchev–Trinajstić information content (AvgIpc) is 3.17. The minimum Gasteiger partial charge on any atom is -0.354 e. The van der Waals surface area contributed by atoms with Crippen LogP contribution in [-0.4, -0.2) is 45.6 Å². The standard InChI is InChI=1S/C22H23ClN4O3/c23-20-10-8-18(15-24-20)16-25-12-13-26-21(11-9-19(22(25)26)27(28)29)30-14-4-7-17-5-2-1-3-6-17/h1-8,10,15,21H,9,11-14,16H2/b7-4+. The number of hydrogen-bond acceptors (Lipinski definition) is 6. The maximum Gasteiger partial charge on any atom is 0.286 e. The molecule has 0 radical (unpaired) electrons. The van der Waals surface area contributed by atoms with Crippen LogP contribution < -0.4 is 0 Å². The normalized spacial score (nSPS) is 18.9. The number of allylic oxidation sites excluding steroid dienone is 1. The monoisotopic (exact) mass is 426 g/mol. The van der Waals surface area contributed by atoms with Gasteiger partial charge in [0.15, 0.2) is 5.82 Å². The lowest BCUT2D eigenvalue weighted by molar-refractivity contribution is -0.433. The minimum absolute atomic E-state index is 0.169. The summed E-state index contributed by atoms with van der Waals surface area (Å²) in [5, 5.41) is 12.1. The Labute approximate surface area is 180 Å². The molecule has 3 heterocycles. The Morgan fingerprint density at radius 1 is 1.23 bits per heavy atom. The van der Waals surface area contributed by atoms with E-state index < -0.39 is 0 Å². The molecular formula is C22H23ClN4O3. The van der Waals surface area contributed by atoms with Crippen LogP contribution in [0.4, 0.5) is 0 Å². The summed E-state index contributed by atoms with van der Waals surface area (Å²) in [6, 6.07) is 13.7. The number of rotatable bonds is 7. The van der Waals surface area contributed by atoms with Crippen molar-refractivity contribution in [3.8, 4) is 0 Å². The quantitative estimate of drug-likeness (QED) is 0.376. The van der Waals surface area contributed by atoms with E-state index >= 15 is 0 Å². The number of ether oxygens (including phenoxy) is 1. The highest BCUT2D eigenvalue weighted by Crippen LogP contribution is 2.34. The third-order valence-corrected chi connectivity index (χ3v) is 5.52. The van der Waals surface area contributed by atoms with Gasteiger partial charge < -0.3 is 14.5 Å². The van der Waals surface area contributed by atoms with Crippen LogP contribution in [0.2, 0.25) is 5.15 Å². The van der Waals surface area contributed by atoms with E-state index in [0.29, 0.717) is 50.1 Å². The zero-order chi connectivity index (χ0) is 20.9. The lowest BCUT2D eigenvalue weighted by Crippen LogP contribution is -2.40. The van der Waals surface area contributed by atoms with E-state index in [-0.39, 0.29) is 16.8 Å². The third kappa shape index (κ3) is 4.63. The molecule has 0 aliphatic carbocycles. The predicted octanol–water partition coefficient (Wildman–Crippen LogP) is 4.15. The first kappa shape index (κ1) is 20.4. The maximum absolute atomic E-state index is 11.7. The first-order chi connectivity index (χ1) is 14.6. The van der Waals surface area contributed by atoms with Crippen molar-refractivity contribution in [2.75, 3.05) is 19.7 Å². The van der Waals surface area contributed by atoms with E-state index in [2.05, 4.69) is 4.98 Å². The first-order valence-corrected chi connectivity index (χ1v) is 10.3. The van der Waals surface area contributed by atoms with Gasteiger partial charge in [0.05, 0.1) is 11.5 Å². The highest BCUT2D eigenvalue weighted by atomic mass is 35.5. The van der Waals surface area contributed by atoms with Gasteiger partial charge in [0.1, 0.15) is 11.4 Å². The van der Waals surface area contributed by atoms with Gasteiger partial charge in [0.25, 0.3) is 5.70 Å². The fourth-order valence-corrected chi connectivity index (χ4v) is 4.03. The van der Waals surface area contributed by atoms with E-state index in [9.17, 15) is 10.1 Å². The van der Waals surface area contributed by atoms with Crippen molar-refractivity contribution in [2.45, 2.75) is 25.6 Å². The molecule has 8 heteroatoms. The summed E-state index contributed by atoms with van der Waals surface area (Å²) in [6.45, 7) is 2.40. The number of benzene rings is 1. The number of pyridine rings is 1. The van der Waals surface area contributed by atoms with Gasteiger partial charge in [-0.05, 0) is 17.2 Å². The summed E-state index contributed by atoms with van der Waals surface area (Å²) in [4.78, 5) is 19.6. The van der Waals surface area contributed by atoms with Gasteiger partial charge in [-0.25, -0.2) is 4.98 Å². The molecule has 7 nitrogen and oxygen atoms in total. The van der Waals surface area contributed by atoms with Crippen molar-refractivity contribution >= 4 is 17.7 Å². The Morgan fingerprint density at radius 3 is 2.80 bits per heavy atom. The molecule has 2 aliphatic rings. The van der Waals surface area contributed by atoms with Crippen molar-refractivity contribution in [3.05, 3.63) is 92.6 Å². The molecule has 156 valence electrons. The van der Waals surface area contributed by atoms with Crippen molar-refractivity contribution in [1.29, 1.82) is 0 Å². The van der Waals surface area contributed by atoms with Gasteiger partial charge in [0.2, 0.25) is 0 Å². The Bertz CT molecular complexity index is 947. The smallest absolute Gasteiger partial charge is 0.286 e. The van der Waals surface area contributed by atoms with Crippen LogP contribution in [-0.2, 0) is 11.3 Å². The van der Waals surface area contributed by atoms with E-state index in [1.807, 2.05) is 58.4 Å². The summed E-state index contributed by atoms with van der Waals surface area (Å²) in [6.07, 6.45) is 6.54. The molecule has 1 aromatic heterocycles. The lowest BCUT2D eigenvalue weighted by Gasteiger charge is -2.34. The van der Waals surface area contributed by atoms with E-state index in [4.69, 9.17) is 16.3 Å². The van der Waals surface area contributed by atoms with Gasteiger partial charge in [-0.2, -0.15) is 0 Å². The second-order valence-corrected chi connectivity index (χ2v) is 7.66. The van der Waals surface area contributed by atoms with E-state index in [1.54, 1.807) is 12.3 Å². The van der Waals surface area contributed by atoms with Crippen LogP contribution in [0.3, 0.4) is 0 Å². The first-order valence-electron chi connectivity index (χ1n) is 9.94. The van der Waals surface area contributed by atoms with Gasteiger partial charge in [-0.1, -0.05) is 60.2 Å². The predicted molar refractivity (Wildman–Crippen MR) is 115 cm³/mol. The molecule has 0 saturated carbocycles. The highest BCUT2D eigenvalue weighted by Gasteiger charge is 2.41. The van der Waals surface area contributed by atoms with E-state index in [0.717, 1.165) is 11.1 Å². The minimum atomic E-state index is -0.258. The van der Waals surface area contributed by atoms with Crippen molar-refractivity contribution in [1.82, 2.24) is 14.8 Å². The van der Waals surface area contributed by atoms with Crippen molar-refractivity contribution in [3.63, 3.8) is 0 Å². The SMILES string of the molecule is O=[N+]([O-])C1=C2N(Cc3ccc(Cl)nc3)CCN2C(OC/C=C/c2ccccc2)CC1. The molecule has 2 aromatic rings. The van der Waals surface area contributed by atoms with E-state index in [1.165, 1.54) is 0 Å². The second-order valence-electron chi connectivity index (χ2n) is 7.27. The van der Waals surface area contributed by atoms with Crippen molar-refractivity contribution in [2.24, 2.45) is 0 Å². The highest BCUT2D eigenvalue weighted by molar-refractivity contribution is 6.29. The number of hydrogen-bond donors (Lipinski definition) is 0. The van der Waals surface area contributed by atoms with Crippen LogP contribution in [0.15, 0.2) is 66.3 Å². The topological polar surface area (TPSA) is 71.7 Å². The van der Waals surface area contributed by atoms with Gasteiger partial charge >= 0.3 is 0 Å². The summed E-state index contributed by atoms with van der Waals surface area (Å²) in [5.41, 5.74) is 2.34. The molecule has 0 spiro atoms. The van der Waals surface area contributed by atoms with Crippen LogP contribution in [0, 0.1) is 10.1 Å². The molecule has 4 rings (SSSR count). The Kier molecular flexibility index (Phi) is 6.30. The number of halogens is 1. The summed E-state index contributed by atoms with van der Waals surface area (Å²) in [7, 11) is 0. The Hall–Kier alpha value is -2.90. The van der Waals surface area contributed by atoms with Crippen LogP contribution in [0.25, 0.3) is 6.08 Å². The molecule has 1 aromatic carbocycles. The lowest BCUT2D eigenvalue weighted by atomic mass is 10.1. The van der Waals surface area contributed by atoms with Crippen LogP contribution in [0.5, 0.6) is 0 Å². The molecule has 2 aliphatic heterocycles. The zero-order valence-electron chi connectivity index (χ0n) is 16.5. The molecule has 1 unspecified atom stereocenters. The van der Waals surface area contributed by atoms with Gasteiger partial charge in [0, 0.05) is 38.7 Å². The van der Waals surface area contributed by atoms with Gasteiger partial charge in [-0.3, -0.25) is 10.1 Å². The summed E-state index contributed by atoms with van der Waals surface area (Å²) >= 11 is 5.87. The third-order valence-electron chi connectivity index (χ3n) is 5.29. The number of aromatic nitrogens is 1. The molecule has 1 fully saturated rings. The molecule has 1 saturated heterocycles. The fourth-order valence-electron chi connectivity index (χ4n) is 3.91. The average molecular weight is 427 g/mol. The molecular weight excluding hydrogens is 404 g/mol. The summed E-state index contributed by atoms with van der Waals surface area (Å²) < 4.78 is 6.09. The van der Waals surface area contributed by atoms with Crippen molar-refractivity contribution < 1.29 is 9.66 Å². The van der Waals surface area contributed by atoms with Crippen LogP contribution >= 0.6 is 11.6 Å². The second kappa shape index (κ2) is 9.28. The Morgan fingerprint density at radius 2 is 2.07 bits per heavy atom. The fraction of sp³-hybridized carbons (Fsp3) is 0.318. The number of nitro groups is 1. The number of fused-ring (bicyclic) bond motifs is 1. The zero-order valence-corrected chi connectivity index (χ0v) is 17.2. The number of nitrogens with zero attached hydrogens (tertiary/aromatic N) is 4. The summed E-state index contributed by atoms with van der Waals surface area (Å²) in [5.74, 6) is 0.665. The molecule has 0 amide bonds.